The highest BCUT2D eigenvalue weighted by Crippen LogP contribution is 2.18. The molecule has 0 atom stereocenters. The van der Waals surface area contributed by atoms with E-state index in [1.54, 1.807) is 4.57 Å². The van der Waals surface area contributed by atoms with Gasteiger partial charge in [0.1, 0.15) is 11.6 Å². The maximum Gasteiger partial charge on any atom is 0.360 e. The molecule has 102 valence electrons. The highest BCUT2D eigenvalue weighted by molar-refractivity contribution is 5.92. The third-order valence-corrected chi connectivity index (χ3v) is 2.77. The lowest BCUT2D eigenvalue weighted by Gasteiger charge is -2.05. The van der Waals surface area contributed by atoms with E-state index in [2.05, 4.69) is 14.9 Å². The number of rotatable bonds is 4. The van der Waals surface area contributed by atoms with Crippen LogP contribution in [0.4, 0.5) is 5.82 Å². The fourth-order valence-electron chi connectivity index (χ4n) is 1.85. The van der Waals surface area contributed by atoms with Crippen LogP contribution in [0.25, 0.3) is 0 Å². The average molecular weight is 264 g/mol. The maximum absolute atomic E-state index is 11.6. The number of esters is 1. The first-order valence-electron chi connectivity index (χ1n) is 5.92. The minimum absolute atomic E-state index is 0.135. The molecule has 0 spiro atoms. The number of methoxy groups -OCH3 is 1. The van der Waals surface area contributed by atoms with Crippen molar-refractivity contribution < 1.29 is 14.1 Å². The molecule has 2 heterocycles. The van der Waals surface area contributed by atoms with Crippen LogP contribution in [0.2, 0.25) is 0 Å². The van der Waals surface area contributed by atoms with Crippen LogP contribution >= 0.6 is 0 Å². The second-order valence-electron chi connectivity index (χ2n) is 4.13. The van der Waals surface area contributed by atoms with E-state index < -0.39 is 5.97 Å². The van der Waals surface area contributed by atoms with E-state index in [0.29, 0.717) is 24.6 Å². The van der Waals surface area contributed by atoms with Gasteiger partial charge in [-0.15, -0.1) is 0 Å². The van der Waals surface area contributed by atoms with Crippen molar-refractivity contribution in [3.8, 4) is 0 Å². The van der Waals surface area contributed by atoms with Gasteiger partial charge < -0.3 is 19.6 Å². The molecule has 0 saturated carbocycles. The number of aryl methyl sites for hydroxylation is 2. The smallest absolute Gasteiger partial charge is 0.360 e. The van der Waals surface area contributed by atoms with Crippen LogP contribution in [0.1, 0.15) is 34.7 Å². The Bertz CT molecular complexity index is 600. The molecule has 2 N–H and O–H groups in total. The molecule has 0 aromatic carbocycles. The van der Waals surface area contributed by atoms with E-state index in [1.807, 2.05) is 19.9 Å². The summed E-state index contributed by atoms with van der Waals surface area (Å²) in [4.78, 5) is 15.8. The molecule has 7 nitrogen and oxygen atoms in total. The summed E-state index contributed by atoms with van der Waals surface area (Å²) in [5.74, 6) is 1.09. The van der Waals surface area contributed by atoms with E-state index in [9.17, 15) is 4.79 Å². The fraction of sp³-hybridized carbons (Fsp3) is 0.417. The van der Waals surface area contributed by atoms with Crippen LogP contribution < -0.4 is 5.73 Å². The molecule has 0 amide bonds. The second kappa shape index (κ2) is 5.13. The summed E-state index contributed by atoms with van der Waals surface area (Å²) < 4.78 is 11.5. The summed E-state index contributed by atoms with van der Waals surface area (Å²) in [6, 6.07) is 1.82. The Morgan fingerprint density at radius 3 is 2.84 bits per heavy atom. The number of aromatic nitrogens is 3. The second-order valence-corrected chi connectivity index (χ2v) is 4.13. The zero-order chi connectivity index (χ0) is 14.0. The molecule has 0 aliphatic carbocycles. The molecule has 0 aliphatic heterocycles. The number of carbonyl (C=O) groups excluding carboxylic acids is 1. The molecule has 0 aliphatic rings. The SMILES string of the molecule is CCc1nc(C(=O)OC)c(N)n1Cc1cc(C)no1. The molecule has 19 heavy (non-hydrogen) atoms. The van der Waals surface area contributed by atoms with Crippen molar-refractivity contribution in [2.45, 2.75) is 26.8 Å². The van der Waals surface area contributed by atoms with Crippen molar-refractivity contribution in [3.05, 3.63) is 29.0 Å². The lowest BCUT2D eigenvalue weighted by molar-refractivity contribution is 0.0595. The van der Waals surface area contributed by atoms with Gasteiger partial charge in [-0.2, -0.15) is 0 Å². The van der Waals surface area contributed by atoms with Gasteiger partial charge in [-0.3, -0.25) is 0 Å². The number of nitrogens with zero attached hydrogens (tertiary/aromatic N) is 3. The zero-order valence-electron chi connectivity index (χ0n) is 11.1. The topological polar surface area (TPSA) is 96.2 Å². The molecule has 2 aromatic rings. The standard InChI is InChI=1S/C12H16N4O3/c1-4-9-14-10(12(17)18-3)11(13)16(9)6-8-5-7(2)15-19-8/h5H,4,6,13H2,1-3H3. The molecular weight excluding hydrogens is 248 g/mol. The number of hydrogen-bond donors (Lipinski definition) is 1. The minimum atomic E-state index is -0.542. The van der Waals surface area contributed by atoms with Crippen LogP contribution in [0.15, 0.2) is 10.6 Å². The van der Waals surface area contributed by atoms with Crippen LogP contribution in [0.5, 0.6) is 0 Å². The van der Waals surface area contributed by atoms with Crippen molar-refractivity contribution in [2.75, 3.05) is 12.8 Å². The summed E-state index contributed by atoms with van der Waals surface area (Å²) in [6.45, 7) is 4.16. The van der Waals surface area contributed by atoms with Gasteiger partial charge in [0.25, 0.3) is 0 Å². The Labute approximate surface area is 110 Å². The lowest BCUT2D eigenvalue weighted by Crippen LogP contribution is -2.09. The summed E-state index contributed by atoms with van der Waals surface area (Å²) in [7, 11) is 1.30. The largest absolute Gasteiger partial charge is 0.464 e. The summed E-state index contributed by atoms with van der Waals surface area (Å²) in [6.07, 6.45) is 0.647. The van der Waals surface area contributed by atoms with Crippen molar-refractivity contribution >= 4 is 11.8 Å². The average Bonchev–Trinajstić information content (AvgIpc) is 2.94. The Balaban J connectivity index is 2.38. The van der Waals surface area contributed by atoms with Gasteiger partial charge in [-0.1, -0.05) is 12.1 Å². The van der Waals surface area contributed by atoms with Crippen LogP contribution in [0.3, 0.4) is 0 Å². The van der Waals surface area contributed by atoms with Crippen LogP contribution in [-0.2, 0) is 17.7 Å². The maximum atomic E-state index is 11.6. The first-order chi connectivity index (χ1) is 9.06. The lowest BCUT2D eigenvalue weighted by atomic mass is 10.3. The van der Waals surface area contributed by atoms with E-state index in [-0.39, 0.29) is 11.5 Å². The number of nitrogen functional groups attached to an aromatic ring is 1. The molecule has 2 rings (SSSR count). The third-order valence-electron chi connectivity index (χ3n) is 2.77. The number of imidazole rings is 1. The van der Waals surface area contributed by atoms with Gasteiger partial charge in [-0.25, -0.2) is 9.78 Å². The Morgan fingerprint density at radius 2 is 2.32 bits per heavy atom. The van der Waals surface area contributed by atoms with E-state index in [4.69, 9.17) is 10.3 Å². The summed E-state index contributed by atoms with van der Waals surface area (Å²) >= 11 is 0. The van der Waals surface area contributed by atoms with Crippen molar-refractivity contribution in [2.24, 2.45) is 0 Å². The van der Waals surface area contributed by atoms with E-state index >= 15 is 0 Å². The van der Waals surface area contributed by atoms with Gasteiger partial charge in [0.05, 0.1) is 19.3 Å². The van der Waals surface area contributed by atoms with Crippen molar-refractivity contribution in [1.82, 2.24) is 14.7 Å². The molecule has 0 unspecified atom stereocenters. The van der Waals surface area contributed by atoms with Gasteiger partial charge in [-0.05, 0) is 6.92 Å². The Hall–Kier alpha value is -2.31. The number of nitrogens with two attached hydrogens (primary N) is 1. The normalized spacial score (nSPS) is 10.7. The zero-order valence-corrected chi connectivity index (χ0v) is 11.1. The predicted octanol–water partition coefficient (Wildman–Crippen LogP) is 1.16. The summed E-state index contributed by atoms with van der Waals surface area (Å²) in [5, 5.41) is 3.81. The van der Waals surface area contributed by atoms with Gasteiger partial charge in [0.15, 0.2) is 11.5 Å². The first kappa shape index (κ1) is 13.1. The molecule has 0 bridgehead atoms. The van der Waals surface area contributed by atoms with Crippen molar-refractivity contribution in [3.63, 3.8) is 0 Å². The molecule has 0 radical (unpaired) electrons. The number of ether oxygens (including phenoxy) is 1. The molecule has 2 aromatic heterocycles. The molecule has 0 fully saturated rings. The predicted molar refractivity (Wildman–Crippen MR) is 67.7 cm³/mol. The molecular formula is C12H16N4O3. The highest BCUT2D eigenvalue weighted by Gasteiger charge is 2.21. The Morgan fingerprint density at radius 1 is 1.58 bits per heavy atom. The van der Waals surface area contributed by atoms with Crippen LogP contribution in [-0.4, -0.2) is 27.8 Å². The fourth-order valence-corrected chi connectivity index (χ4v) is 1.85. The molecule has 7 heteroatoms. The summed E-state index contributed by atoms with van der Waals surface area (Å²) in [5.41, 5.74) is 6.87. The van der Waals surface area contributed by atoms with E-state index in [1.165, 1.54) is 7.11 Å². The third kappa shape index (κ3) is 2.44. The number of anilines is 1. The first-order valence-corrected chi connectivity index (χ1v) is 5.92. The quantitative estimate of drug-likeness (QED) is 0.832. The monoisotopic (exact) mass is 264 g/mol. The van der Waals surface area contributed by atoms with Gasteiger partial charge >= 0.3 is 5.97 Å². The Kier molecular flexibility index (Phi) is 3.55. The van der Waals surface area contributed by atoms with Crippen molar-refractivity contribution in [1.29, 1.82) is 0 Å². The van der Waals surface area contributed by atoms with E-state index in [0.717, 1.165) is 5.69 Å². The number of hydrogen-bond acceptors (Lipinski definition) is 6. The molecule has 0 saturated heterocycles. The van der Waals surface area contributed by atoms with Gasteiger partial charge in [0, 0.05) is 12.5 Å². The van der Waals surface area contributed by atoms with Crippen LogP contribution in [0, 0.1) is 6.92 Å². The number of carbonyl (C=O) groups is 1. The highest BCUT2D eigenvalue weighted by atomic mass is 16.5. The van der Waals surface area contributed by atoms with Gasteiger partial charge in [0.2, 0.25) is 0 Å². The minimum Gasteiger partial charge on any atom is -0.464 e.